The van der Waals surface area contributed by atoms with Crippen molar-refractivity contribution in [3.05, 3.63) is 53.8 Å². The van der Waals surface area contributed by atoms with E-state index in [0.717, 1.165) is 61.5 Å². The van der Waals surface area contributed by atoms with Crippen LogP contribution in [-0.2, 0) is 6.61 Å². The molecule has 5 rings (SSSR count). The normalized spacial score (nSPS) is 21.9. The van der Waals surface area contributed by atoms with Gasteiger partial charge in [0.05, 0.1) is 18.6 Å². The summed E-state index contributed by atoms with van der Waals surface area (Å²) in [4.78, 5) is 4.82. The molecule has 0 saturated carbocycles. The van der Waals surface area contributed by atoms with Crippen molar-refractivity contribution >= 4 is 16.8 Å². The Morgan fingerprint density at radius 1 is 1.13 bits per heavy atom. The third kappa shape index (κ3) is 4.38. The van der Waals surface area contributed by atoms with Crippen LogP contribution in [0.1, 0.15) is 24.8 Å². The SMILES string of the molecule is OCc1cccc(OCCC2CCC3CN(c4noc5ccc(F)cc45)CCN3C2)c1. The van der Waals surface area contributed by atoms with Crippen LogP contribution in [-0.4, -0.2) is 54.0 Å². The van der Waals surface area contributed by atoms with Gasteiger partial charge in [-0.05, 0) is 61.1 Å². The fourth-order valence-electron chi connectivity index (χ4n) is 4.89. The molecule has 1 aromatic heterocycles. The van der Waals surface area contributed by atoms with E-state index in [9.17, 15) is 9.50 Å². The largest absolute Gasteiger partial charge is 0.494 e. The van der Waals surface area contributed by atoms with E-state index in [0.29, 0.717) is 24.1 Å². The van der Waals surface area contributed by atoms with Gasteiger partial charge in [-0.3, -0.25) is 4.90 Å². The van der Waals surface area contributed by atoms with Crippen LogP contribution < -0.4 is 9.64 Å². The highest BCUT2D eigenvalue weighted by Crippen LogP contribution is 2.32. The van der Waals surface area contributed by atoms with Crippen LogP contribution in [0.15, 0.2) is 47.0 Å². The summed E-state index contributed by atoms with van der Waals surface area (Å²) in [5.41, 5.74) is 1.51. The molecule has 6 nitrogen and oxygen atoms in total. The molecule has 2 unspecified atom stereocenters. The van der Waals surface area contributed by atoms with E-state index in [2.05, 4.69) is 15.0 Å². The Morgan fingerprint density at radius 2 is 2.06 bits per heavy atom. The number of piperazine rings is 1. The fraction of sp³-hybridized carbons (Fsp3) is 0.458. The Balaban J connectivity index is 1.14. The number of halogens is 1. The minimum atomic E-state index is -0.263. The van der Waals surface area contributed by atoms with Crippen molar-refractivity contribution in [1.29, 1.82) is 0 Å². The minimum absolute atomic E-state index is 0.0340. The second kappa shape index (κ2) is 8.85. The van der Waals surface area contributed by atoms with Crippen LogP contribution in [0, 0.1) is 11.7 Å². The van der Waals surface area contributed by atoms with Crippen molar-refractivity contribution in [2.24, 2.45) is 5.92 Å². The van der Waals surface area contributed by atoms with Gasteiger partial charge in [0.25, 0.3) is 0 Å². The highest BCUT2D eigenvalue weighted by molar-refractivity contribution is 5.88. The maximum Gasteiger partial charge on any atom is 0.180 e. The van der Waals surface area contributed by atoms with E-state index >= 15 is 0 Å². The van der Waals surface area contributed by atoms with E-state index in [-0.39, 0.29) is 12.4 Å². The smallest absolute Gasteiger partial charge is 0.180 e. The van der Waals surface area contributed by atoms with Gasteiger partial charge in [0.2, 0.25) is 0 Å². The molecule has 2 fully saturated rings. The standard InChI is InChI=1S/C24H28FN3O3/c25-19-5-7-23-22(13-19)24(26-31-23)28-10-9-27-14-17(4-6-20(27)15-28)8-11-30-21-3-1-2-18(12-21)16-29/h1-3,5,7,12-13,17,20,29H,4,6,8-11,14-16H2. The summed E-state index contributed by atoms with van der Waals surface area (Å²) >= 11 is 0. The first-order valence-electron chi connectivity index (χ1n) is 11.1. The number of fused-ring (bicyclic) bond motifs is 2. The third-order valence-electron chi connectivity index (χ3n) is 6.59. The lowest BCUT2D eigenvalue weighted by Crippen LogP contribution is -2.56. The molecule has 0 aliphatic carbocycles. The summed E-state index contributed by atoms with van der Waals surface area (Å²) in [6.45, 7) is 4.56. The molecule has 2 saturated heterocycles. The molecular weight excluding hydrogens is 397 g/mol. The summed E-state index contributed by atoms with van der Waals surface area (Å²) in [6, 6.07) is 12.7. The number of aliphatic hydroxyl groups excluding tert-OH is 1. The Labute approximate surface area is 181 Å². The lowest BCUT2D eigenvalue weighted by atomic mass is 9.89. The zero-order valence-electron chi connectivity index (χ0n) is 17.5. The molecule has 1 N–H and O–H groups in total. The van der Waals surface area contributed by atoms with Crippen molar-refractivity contribution in [3.8, 4) is 5.75 Å². The van der Waals surface area contributed by atoms with Crippen molar-refractivity contribution in [2.75, 3.05) is 37.7 Å². The molecule has 2 aliphatic rings. The van der Waals surface area contributed by atoms with Gasteiger partial charge < -0.3 is 19.3 Å². The molecule has 31 heavy (non-hydrogen) atoms. The number of piperidine rings is 1. The van der Waals surface area contributed by atoms with Gasteiger partial charge in [-0.15, -0.1) is 0 Å². The van der Waals surface area contributed by atoms with E-state index in [1.54, 1.807) is 6.07 Å². The van der Waals surface area contributed by atoms with E-state index in [1.807, 2.05) is 24.3 Å². The number of benzene rings is 2. The number of hydrogen-bond acceptors (Lipinski definition) is 6. The summed E-state index contributed by atoms with van der Waals surface area (Å²) in [5.74, 6) is 1.95. The topological polar surface area (TPSA) is 62.0 Å². The lowest BCUT2D eigenvalue weighted by Gasteiger charge is -2.46. The number of ether oxygens (including phenoxy) is 1. The Hall–Kier alpha value is -2.64. The highest BCUT2D eigenvalue weighted by atomic mass is 19.1. The lowest BCUT2D eigenvalue weighted by molar-refractivity contribution is 0.0852. The Kier molecular flexibility index (Phi) is 5.78. The van der Waals surface area contributed by atoms with Crippen molar-refractivity contribution < 1.29 is 18.8 Å². The van der Waals surface area contributed by atoms with E-state index in [1.165, 1.54) is 18.6 Å². The first-order valence-corrected chi connectivity index (χ1v) is 11.1. The van der Waals surface area contributed by atoms with Gasteiger partial charge >= 0.3 is 0 Å². The highest BCUT2D eigenvalue weighted by Gasteiger charge is 2.34. The summed E-state index contributed by atoms with van der Waals surface area (Å²) in [5, 5.41) is 14.2. The number of rotatable bonds is 6. The molecule has 0 spiro atoms. The molecular formula is C24H28FN3O3. The van der Waals surface area contributed by atoms with E-state index in [4.69, 9.17) is 9.26 Å². The average molecular weight is 426 g/mol. The molecule has 2 atom stereocenters. The van der Waals surface area contributed by atoms with Crippen molar-refractivity contribution in [2.45, 2.75) is 31.9 Å². The number of aromatic nitrogens is 1. The summed E-state index contributed by atoms with van der Waals surface area (Å²) in [7, 11) is 0. The molecule has 2 aromatic carbocycles. The molecule has 0 radical (unpaired) electrons. The molecule has 0 bridgehead atoms. The number of aliphatic hydroxyl groups is 1. The second-order valence-electron chi connectivity index (χ2n) is 8.63. The molecule has 7 heteroatoms. The molecule has 0 amide bonds. The van der Waals surface area contributed by atoms with Gasteiger partial charge in [0.1, 0.15) is 11.6 Å². The van der Waals surface area contributed by atoms with Crippen LogP contribution in [0.4, 0.5) is 10.2 Å². The fourth-order valence-corrected chi connectivity index (χ4v) is 4.89. The van der Waals surface area contributed by atoms with Crippen LogP contribution in [0.3, 0.4) is 0 Å². The zero-order chi connectivity index (χ0) is 21.2. The monoisotopic (exact) mass is 425 g/mol. The summed E-state index contributed by atoms with van der Waals surface area (Å²) in [6.07, 6.45) is 3.36. The van der Waals surface area contributed by atoms with Crippen molar-refractivity contribution in [3.63, 3.8) is 0 Å². The molecule has 3 aromatic rings. The Morgan fingerprint density at radius 3 is 2.97 bits per heavy atom. The zero-order valence-corrected chi connectivity index (χ0v) is 17.5. The number of nitrogens with zero attached hydrogens (tertiary/aromatic N) is 3. The first kappa shape index (κ1) is 20.3. The average Bonchev–Trinajstić information content (AvgIpc) is 3.22. The van der Waals surface area contributed by atoms with E-state index < -0.39 is 0 Å². The molecule has 3 heterocycles. The number of anilines is 1. The van der Waals surface area contributed by atoms with Gasteiger partial charge in [0.15, 0.2) is 11.4 Å². The van der Waals surface area contributed by atoms with Crippen LogP contribution in [0.2, 0.25) is 0 Å². The first-order chi connectivity index (χ1) is 15.2. The van der Waals surface area contributed by atoms with Gasteiger partial charge in [-0.25, -0.2) is 4.39 Å². The molecule has 164 valence electrons. The minimum Gasteiger partial charge on any atom is -0.494 e. The van der Waals surface area contributed by atoms with Crippen molar-refractivity contribution in [1.82, 2.24) is 10.1 Å². The second-order valence-corrected chi connectivity index (χ2v) is 8.63. The maximum absolute atomic E-state index is 13.7. The van der Waals surface area contributed by atoms with Gasteiger partial charge in [0, 0.05) is 32.2 Å². The van der Waals surface area contributed by atoms with Crippen LogP contribution in [0.25, 0.3) is 11.0 Å². The van der Waals surface area contributed by atoms with Crippen LogP contribution >= 0.6 is 0 Å². The number of hydrogen-bond donors (Lipinski definition) is 1. The predicted octanol–water partition coefficient (Wildman–Crippen LogP) is 3.83. The Bertz CT molecular complexity index is 1040. The predicted molar refractivity (Wildman–Crippen MR) is 117 cm³/mol. The van der Waals surface area contributed by atoms with Gasteiger partial charge in [-0.1, -0.05) is 17.3 Å². The van der Waals surface area contributed by atoms with Gasteiger partial charge in [-0.2, -0.15) is 0 Å². The quantitative estimate of drug-likeness (QED) is 0.648. The molecule has 2 aliphatic heterocycles. The van der Waals surface area contributed by atoms with Crippen LogP contribution in [0.5, 0.6) is 5.75 Å². The maximum atomic E-state index is 13.7. The third-order valence-corrected chi connectivity index (χ3v) is 6.59. The summed E-state index contributed by atoms with van der Waals surface area (Å²) < 4.78 is 25.0.